The first-order chi connectivity index (χ1) is 13.2. The quantitative estimate of drug-likeness (QED) is 0.461. The number of carbonyl (C=O) groups excluding carboxylic acids is 1. The van der Waals surface area contributed by atoms with E-state index in [1.54, 1.807) is 12.1 Å². The molecule has 0 aliphatic carbocycles. The summed E-state index contributed by atoms with van der Waals surface area (Å²) in [5.74, 6) is 1.34. The zero-order valence-electron chi connectivity index (χ0n) is 16.5. The largest absolute Gasteiger partial charge is 0.494 e. The van der Waals surface area contributed by atoms with Crippen LogP contribution in [0.4, 0.5) is 5.69 Å². The highest BCUT2D eigenvalue weighted by atomic mass is 16.5. The van der Waals surface area contributed by atoms with Gasteiger partial charge in [-0.2, -0.15) is 0 Å². The lowest BCUT2D eigenvalue weighted by Gasteiger charge is -2.10. The predicted octanol–water partition coefficient (Wildman–Crippen LogP) is 6.08. The first kappa shape index (κ1) is 20.8. The van der Waals surface area contributed by atoms with Gasteiger partial charge in [0.2, 0.25) is 0 Å². The molecule has 2 aromatic carbocycles. The molecule has 2 aromatic rings. The third kappa shape index (κ3) is 7.73. The van der Waals surface area contributed by atoms with Crippen LogP contribution in [0.25, 0.3) is 0 Å². The highest BCUT2D eigenvalue weighted by Gasteiger charge is 2.08. The molecule has 0 aromatic heterocycles. The molecule has 146 valence electrons. The van der Waals surface area contributed by atoms with Gasteiger partial charge in [0.15, 0.2) is 0 Å². The molecule has 27 heavy (non-hydrogen) atoms. The molecule has 0 atom stereocenters. The maximum atomic E-state index is 12.5. The van der Waals surface area contributed by atoms with Crippen molar-refractivity contribution in [2.45, 2.75) is 52.4 Å². The van der Waals surface area contributed by atoms with E-state index in [2.05, 4.69) is 19.2 Å². The minimum absolute atomic E-state index is 0.156. The fourth-order valence-corrected chi connectivity index (χ4v) is 2.65. The van der Waals surface area contributed by atoms with Gasteiger partial charge in [0.25, 0.3) is 5.91 Å². The molecule has 2 rings (SSSR count). The molecule has 0 spiro atoms. The highest BCUT2D eigenvalue weighted by Crippen LogP contribution is 2.20. The molecule has 0 aliphatic rings. The molecule has 0 saturated carbocycles. The molecular formula is C23H31NO3. The molecular weight excluding hydrogens is 338 g/mol. The van der Waals surface area contributed by atoms with E-state index < -0.39 is 0 Å². The van der Waals surface area contributed by atoms with Gasteiger partial charge in [0.05, 0.1) is 13.2 Å². The van der Waals surface area contributed by atoms with Crippen molar-refractivity contribution in [3.8, 4) is 11.5 Å². The van der Waals surface area contributed by atoms with Crippen molar-refractivity contribution in [1.82, 2.24) is 0 Å². The Morgan fingerprint density at radius 1 is 0.815 bits per heavy atom. The summed E-state index contributed by atoms with van der Waals surface area (Å²) < 4.78 is 11.5. The van der Waals surface area contributed by atoms with E-state index in [9.17, 15) is 4.79 Å². The van der Waals surface area contributed by atoms with Gasteiger partial charge in [-0.25, -0.2) is 0 Å². The number of rotatable bonds is 12. The molecule has 0 unspecified atom stereocenters. The lowest BCUT2D eigenvalue weighted by atomic mass is 10.2. The normalized spacial score (nSPS) is 10.4. The lowest BCUT2D eigenvalue weighted by molar-refractivity contribution is 0.102. The van der Waals surface area contributed by atoms with E-state index in [-0.39, 0.29) is 5.91 Å². The van der Waals surface area contributed by atoms with Crippen LogP contribution < -0.4 is 14.8 Å². The van der Waals surface area contributed by atoms with Crippen molar-refractivity contribution in [3.05, 3.63) is 54.1 Å². The standard InChI is InChI=1S/C23H31NO3/c1-3-5-7-8-16-27-22-14-10-12-20(18-22)24-23(25)19-11-9-13-21(17-19)26-15-6-4-2/h9-14,17-18H,3-8,15-16H2,1-2H3,(H,24,25). The first-order valence-corrected chi connectivity index (χ1v) is 10.00. The monoisotopic (exact) mass is 369 g/mol. The molecule has 1 amide bonds. The first-order valence-electron chi connectivity index (χ1n) is 10.00. The van der Waals surface area contributed by atoms with Crippen LogP contribution in [-0.2, 0) is 0 Å². The van der Waals surface area contributed by atoms with E-state index in [4.69, 9.17) is 9.47 Å². The Morgan fingerprint density at radius 3 is 2.22 bits per heavy atom. The molecule has 1 N–H and O–H groups in total. The van der Waals surface area contributed by atoms with Crippen molar-refractivity contribution in [2.24, 2.45) is 0 Å². The Bertz CT molecular complexity index is 700. The molecule has 0 radical (unpaired) electrons. The summed E-state index contributed by atoms with van der Waals surface area (Å²) in [6.07, 6.45) is 6.77. The van der Waals surface area contributed by atoms with Crippen molar-refractivity contribution < 1.29 is 14.3 Å². The second-order valence-electron chi connectivity index (χ2n) is 6.62. The van der Waals surface area contributed by atoms with Gasteiger partial charge in [0, 0.05) is 17.3 Å². The summed E-state index contributed by atoms with van der Waals surface area (Å²) in [6, 6.07) is 14.8. The maximum Gasteiger partial charge on any atom is 0.255 e. The molecule has 4 nitrogen and oxygen atoms in total. The van der Waals surface area contributed by atoms with Gasteiger partial charge in [-0.1, -0.05) is 51.7 Å². The molecule has 0 saturated heterocycles. The van der Waals surface area contributed by atoms with E-state index in [0.717, 1.165) is 36.4 Å². The number of nitrogens with one attached hydrogen (secondary N) is 1. The van der Waals surface area contributed by atoms with E-state index in [0.29, 0.717) is 18.8 Å². The Morgan fingerprint density at radius 2 is 1.48 bits per heavy atom. The Labute approximate surface area is 162 Å². The number of amides is 1. The summed E-state index contributed by atoms with van der Waals surface area (Å²) in [5.41, 5.74) is 1.30. The Hall–Kier alpha value is -2.49. The molecule has 0 heterocycles. The van der Waals surface area contributed by atoms with Crippen LogP contribution in [0.3, 0.4) is 0 Å². The SMILES string of the molecule is CCCCCCOc1cccc(NC(=O)c2cccc(OCCCC)c2)c1. The third-order valence-corrected chi connectivity index (χ3v) is 4.22. The van der Waals surface area contributed by atoms with Gasteiger partial charge in [-0.05, 0) is 43.2 Å². The van der Waals surface area contributed by atoms with Crippen LogP contribution in [-0.4, -0.2) is 19.1 Å². The van der Waals surface area contributed by atoms with E-state index in [1.165, 1.54) is 19.3 Å². The van der Waals surface area contributed by atoms with Gasteiger partial charge in [-0.3, -0.25) is 4.79 Å². The van der Waals surface area contributed by atoms with Crippen LogP contribution in [0.1, 0.15) is 62.7 Å². The number of hydrogen-bond donors (Lipinski definition) is 1. The van der Waals surface area contributed by atoms with Gasteiger partial charge < -0.3 is 14.8 Å². The predicted molar refractivity (Wildman–Crippen MR) is 111 cm³/mol. The minimum Gasteiger partial charge on any atom is -0.494 e. The summed E-state index contributed by atoms with van der Waals surface area (Å²) in [7, 11) is 0. The fourth-order valence-electron chi connectivity index (χ4n) is 2.65. The summed E-state index contributed by atoms with van der Waals surface area (Å²) in [6.45, 7) is 5.68. The number of anilines is 1. The second kappa shape index (κ2) is 12.0. The van der Waals surface area contributed by atoms with Crippen LogP contribution >= 0.6 is 0 Å². The summed E-state index contributed by atoms with van der Waals surface area (Å²) in [4.78, 5) is 12.5. The average molecular weight is 370 g/mol. The van der Waals surface area contributed by atoms with E-state index >= 15 is 0 Å². The lowest BCUT2D eigenvalue weighted by Crippen LogP contribution is -2.12. The van der Waals surface area contributed by atoms with Gasteiger partial charge >= 0.3 is 0 Å². The summed E-state index contributed by atoms with van der Waals surface area (Å²) in [5, 5.41) is 2.93. The number of benzene rings is 2. The van der Waals surface area contributed by atoms with Crippen LogP contribution in [0.2, 0.25) is 0 Å². The van der Waals surface area contributed by atoms with Crippen molar-refractivity contribution in [1.29, 1.82) is 0 Å². The Balaban J connectivity index is 1.89. The number of unbranched alkanes of at least 4 members (excludes halogenated alkanes) is 4. The van der Waals surface area contributed by atoms with E-state index in [1.807, 2.05) is 36.4 Å². The zero-order valence-corrected chi connectivity index (χ0v) is 16.5. The number of ether oxygens (including phenoxy) is 2. The Kier molecular flexibility index (Phi) is 9.25. The molecule has 4 heteroatoms. The topological polar surface area (TPSA) is 47.6 Å². The molecule has 0 fully saturated rings. The highest BCUT2D eigenvalue weighted by molar-refractivity contribution is 6.04. The zero-order chi connectivity index (χ0) is 19.3. The van der Waals surface area contributed by atoms with Crippen LogP contribution in [0, 0.1) is 0 Å². The van der Waals surface area contributed by atoms with Crippen LogP contribution in [0.15, 0.2) is 48.5 Å². The van der Waals surface area contributed by atoms with Gasteiger partial charge in [-0.15, -0.1) is 0 Å². The molecule has 0 bridgehead atoms. The minimum atomic E-state index is -0.156. The van der Waals surface area contributed by atoms with Crippen LogP contribution in [0.5, 0.6) is 11.5 Å². The van der Waals surface area contributed by atoms with Gasteiger partial charge in [0.1, 0.15) is 11.5 Å². The fraction of sp³-hybridized carbons (Fsp3) is 0.435. The second-order valence-corrected chi connectivity index (χ2v) is 6.62. The van der Waals surface area contributed by atoms with Crippen molar-refractivity contribution in [2.75, 3.05) is 18.5 Å². The summed E-state index contributed by atoms with van der Waals surface area (Å²) >= 11 is 0. The van der Waals surface area contributed by atoms with Crippen molar-refractivity contribution in [3.63, 3.8) is 0 Å². The smallest absolute Gasteiger partial charge is 0.255 e. The molecule has 0 aliphatic heterocycles. The average Bonchev–Trinajstić information content (AvgIpc) is 2.68. The third-order valence-electron chi connectivity index (χ3n) is 4.22. The maximum absolute atomic E-state index is 12.5. The van der Waals surface area contributed by atoms with Crippen molar-refractivity contribution >= 4 is 11.6 Å². The number of carbonyl (C=O) groups is 1. The number of hydrogen-bond acceptors (Lipinski definition) is 3.